The van der Waals surface area contributed by atoms with Gasteiger partial charge < -0.3 is 4.74 Å². The molecule has 4 heteroatoms. The average molecular weight is 157 g/mol. The van der Waals surface area contributed by atoms with Gasteiger partial charge in [-0.2, -0.15) is 5.26 Å². The summed E-state index contributed by atoms with van der Waals surface area (Å²) < 4.78 is 5.12. The third-order valence-electron chi connectivity index (χ3n) is 1.33. The van der Waals surface area contributed by atoms with Crippen LogP contribution >= 0.6 is 0 Å². The zero-order valence-corrected chi connectivity index (χ0v) is 7.13. The number of nitrogens with one attached hydrogen (secondary N) is 1. The Labute approximate surface area is 67.7 Å². The molecule has 0 amide bonds. The Hall–Kier alpha value is -0.630. The van der Waals surface area contributed by atoms with Gasteiger partial charge in [-0.1, -0.05) is 0 Å². The Balaban J connectivity index is 0.000000292. The Morgan fingerprint density at radius 2 is 1.91 bits per heavy atom. The van der Waals surface area contributed by atoms with Crippen molar-refractivity contribution >= 4 is 0 Å². The van der Waals surface area contributed by atoms with Crippen LogP contribution in [0.2, 0.25) is 0 Å². The summed E-state index contributed by atoms with van der Waals surface area (Å²) in [5.41, 5.74) is 3.06. The van der Waals surface area contributed by atoms with Gasteiger partial charge in [-0.25, -0.2) is 5.01 Å². The fourth-order valence-corrected chi connectivity index (χ4v) is 0.787. The fourth-order valence-electron chi connectivity index (χ4n) is 0.787. The molecule has 0 aliphatic carbocycles. The molecule has 1 aliphatic rings. The highest BCUT2D eigenvalue weighted by Gasteiger charge is 2.05. The highest BCUT2D eigenvalue weighted by molar-refractivity contribution is 4.53. The van der Waals surface area contributed by atoms with Crippen LogP contribution in [-0.2, 0) is 4.74 Å². The first kappa shape index (κ1) is 10.4. The monoisotopic (exact) mass is 157 g/mol. The fraction of sp³-hybridized carbons (Fsp3) is 0.857. The molecule has 0 aromatic heterocycles. The highest BCUT2D eigenvalue weighted by atomic mass is 16.5. The largest absolute Gasteiger partial charge is 0.379 e. The number of nitriles is 1. The molecule has 1 rings (SSSR count). The van der Waals surface area contributed by atoms with Crippen molar-refractivity contribution in [2.75, 3.05) is 33.4 Å². The summed E-state index contributed by atoms with van der Waals surface area (Å²) in [5, 5.41) is 9.46. The number of hydrazine groups is 1. The van der Waals surface area contributed by atoms with E-state index in [1.807, 2.05) is 7.05 Å². The number of hydrogen-bond acceptors (Lipinski definition) is 4. The number of morpholine rings is 1. The van der Waals surface area contributed by atoms with Crippen LogP contribution in [0.4, 0.5) is 0 Å². The maximum absolute atomic E-state index is 7.32. The van der Waals surface area contributed by atoms with E-state index in [9.17, 15) is 0 Å². The van der Waals surface area contributed by atoms with E-state index in [1.165, 1.54) is 6.92 Å². The van der Waals surface area contributed by atoms with Crippen molar-refractivity contribution < 1.29 is 4.74 Å². The van der Waals surface area contributed by atoms with E-state index < -0.39 is 0 Å². The third-order valence-corrected chi connectivity index (χ3v) is 1.33. The molecule has 0 radical (unpaired) electrons. The Morgan fingerprint density at radius 3 is 2.18 bits per heavy atom. The van der Waals surface area contributed by atoms with Gasteiger partial charge in [0.25, 0.3) is 0 Å². The Kier molecular flexibility index (Phi) is 7.05. The summed E-state index contributed by atoms with van der Waals surface area (Å²) in [6.07, 6.45) is 0. The summed E-state index contributed by atoms with van der Waals surface area (Å²) in [6, 6.07) is 1.75. The first-order valence-corrected chi connectivity index (χ1v) is 3.66. The van der Waals surface area contributed by atoms with Crippen molar-refractivity contribution in [2.45, 2.75) is 6.92 Å². The molecule has 1 aliphatic heterocycles. The maximum Gasteiger partial charge on any atom is 0.0608 e. The van der Waals surface area contributed by atoms with E-state index in [-0.39, 0.29) is 0 Å². The van der Waals surface area contributed by atoms with Gasteiger partial charge in [-0.15, -0.1) is 0 Å². The van der Waals surface area contributed by atoms with Gasteiger partial charge in [-0.05, 0) is 7.05 Å². The molecule has 0 aromatic rings. The molecular weight excluding hydrogens is 142 g/mol. The number of nitrogens with zero attached hydrogens (tertiary/aromatic N) is 2. The molecule has 1 fully saturated rings. The first-order valence-electron chi connectivity index (χ1n) is 3.66. The van der Waals surface area contributed by atoms with Crippen LogP contribution in [0.15, 0.2) is 0 Å². The van der Waals surface area contributed by atoms with Crippen molar-refractivity contribution in [2.24, 2.45) is 0 Å². The topological polar surface area (TPSA) is 48.3 Å². The molecule has 1 N–H and O–H groups in total. The normalized spacial score (nSPS) is 17.9. The molecule has 0 aromatic carbocycles. The van der Waals surface area contributed by atoms with Crippen LogP contribution in [0.1, 0.15) is 6.92 Å². The molecule has 64 valence electrons. The molecular formula is C7H15N3O. The lowest BCUT2D eigenvalue weighted by atomic mass is 10.5. The number of rotatable bonds is 1. The molecule has 11 heavy (non-hydrogen) atoms. The molecule has 0 spiro atoms. The minimum absolute atomic E-state index is 0.862. The van der Waals surface area contributed by atoms with Gasteiger partial charge in [0.15, 0.2) is 0 Å². The Morgan fingerprint density at radius 1 is 1.45 bits per heavy atom. The van der Waals surface area contributed by atoms with Crippen LogP contribution in [0, 0.1) is 11.3 Å². The zero-order chi connectivity index (χ0) is 8.53. The minimum Gasteiger partial charge on any atom is -0.379 e. The predicted molar refractivity (Wildman–Crippen MR) is 42.7 cm³/mol. The maximum atomic E-state index is 7.32. The van der Waals surface area contributed by atoms with Gasteiger partial charge in [0, 0.05) is 20.0 Å². The minimum atomic E-state index is 0.862. The van der Waals surface area contributed by atoms with Gasteiger partial charge in [-0.3, -0.25) is 5.43 Å². The molecule has 0 unspecified atom stereocenters. The van der Waals surface area contributed by atoms with E-state index in [1.54, 1.807) is 6.07 Å². The summed E-state index contributed by atoms with van der Waals surface area (Å²) >= 11 is 0. The molecule has 1 heterocycles. The SMILES string of the molecule is CC#N.CNN1CCOCC1. The van der Waals surface area contributed by atoms with Crippen LogP contribution in [-0.4, -0.2) is 38.4 Å². The van der Waals surface area contributed by atoms with Crippen LogP contribution in [0.3, 0.4) is 0 Å². The van der Waals surface area contributed by atoms with Crippen LogP contribution < -0.4 is 5.43 Å². The first-order chi connectivity index (χ1) is 5.35. The second-order valence-electron chi connectivity index (χ2n) is 2.05. The molecule has 0 bridgehead atoms. The van der Waals surface area contributed by atoms with E-state index in [0.29, 0.717) is 0 Å². The lowest BCUT2D eigenvalue weighted by molar-refractivity contribution is 0.0171. The van der Waals surface area contributed by atoms with Crippen LogP contribution in [0.25, 0.3) is 0 Å². The smallest absolute Gasteiger partial charge is 0.0608 e. The summed E-state index contributed by atoms with van der Waals surface area (Å²) in [5.74, 6) is 0. The average Bonchev–Trinajstić information content (AvgIpc) is 2.08. The highest BCUT2D eigenvalue weighted by Crippen LogP contribution is 1.89. The second kappa shape index (κ2) is 7.48. The van der Waals surface area contributed by atoms with Gasteiger partial charge in [0.05, 0.1) is 19.3 Å². The van der Waals surface area contributed by atoms with Gasteiger partial charge in [0.1, 0.15) is 0 Å². The van der Waals surface area contributed by atoms with Crippen molar-refractivity contribution in [3.05, 3.63) is 0 Å². The number of hydrogen-bond donors (Lipinski definition) is 1. The quantitative estimate of drug-likeness (QED) is 0.581. The van der Waals surface area contributed by atoms with E-state index in [0.717, 1.165) is 26.3 Å². The van der Waals surface area contributed by atoms with Crippen LogP contribution in [0.5, 0.6) is 0 Å². The van der Waals surface area contributed by atoms with E-state index in [2.05, 4.69) is 10.4 Å². The van der Waals surface area contributed by atoms with Gasteiger partial charge in [0.2, 0.25) is 0 Å². The summed E-state index contributed by atoms with van der Waals surface area (Å²) in [6.45, 7) is 5.18. The Bertz CT molecular complexity index is 115. The molecule has 0 atom stereocenters. The van der Waals surface area contributed by atoms with Crippen molar-refractivity contribution in [1.82, 2.24) is 10.4 Å². The lowest BCUT2D eigenvalue weighted by Gasteiger charge is -2.24. The van der Waals surface area contributed by atoms with E-state index >= 15 is 0 Å². The van der Waals surface area contributed by atoms with Crippen molar-refractivity contribution in [1.29, 1.82) is 5.26 Å². The third kappa shape index (κ3) is 5.80. The lowest BCUT2D eigenvalue weighted by Crippen LogP contribution is -2.43. The van der Waals surface area contributed by atoms with Crippen molar-refractivity contribution in [3.63, 3.8) is 0 Å². The number of ether oxygens (including phenoxy) is 1. The molecule has 1 saturated heterocycles. The summed E-state index contributed by atoms with van der Waals surface area (Å²) in [4.78, 5) is 0. The van der Waals surface area contributed by atoms with Gasteiger partial charge >= 0.3 is 0 Å². The predicted octanol–water partition coefficient (Wildman–Crippen LogP) is -0.0171. The van der Waals surface area contributed by atoms with E-state index in [4.69, 9.17) is 10.00 Å². The standard InChI is InChI=1S/C5H12N2O.C2H3N/c1-6-7-2-4-8-5-3-7;1-2-3/h6H,2-5H2,1H3;1H3. The van der Waals surface area contributed by atoms with Crippen molar-refractivity contribution in [3.8, 4) is 6.07 Å². The summed E-state index contributed by atoms with van der Waals surface area (Å²) in [7, 11) is 1.94. The molecule has 4 nitrogen and oxygen atoms in total. The zero-order valence-electron chi connectivity index (χ0n) is 7.13. The molecule has 0 saturated carbocycles. The second-order valence-corrected chi connectivity index (χ2v) is 2.05.